The van der Waals surface area contributed by atoms with E-state index in [-0.39, 0.29) is 5.56 Å². The zero-order valence-corrected chi connectivity index (χ0v) is 16.4. The highest BCUT2D eigenvalue weighted by Gasteiger charge is 2.18. The third-order valence-electron chi connectivity index (χ3n) is 5.21. The molecule has 0 unspecified atom stereocenters. The van der Waals surface area contributed by atoms with Gasteiger partial charge in [-0.25, -0.2) is 4.79 Å². The van der Waals surface area contributed by atoms with E-state index in [9.17, 15) is 14.9 Å². The first-order valence-electron chi connectivity index (χ1n) is 9.44. The van der Waals surface area contributed by atoms with Crippen LogP contribution in [0.15, 0.2) is 39.9 Å². The third kappa shape index (κ3) is 4.32. The molecule has 0 spiro atoms. The number of nitriles is 1. The van der Waals surface area contributed by atoms with Gasteiger partial charge < -0.3 is 5.32 Å². The molecular formula is C20H26N6O2. The topological polar surface area (TPSA) is 86.3 Å². The second kappa shape index (κ2) is 8.87. The molecule has 0 aliphatic carbocycles. The molecule has 1 aliphatic rings. The largest absolute Gasteiger partial charge is 0.369 e. The lowest BCUT2D eigenvalue weighted by Crippen LogP contribution is -2.47. The van der Waals surface area contributed by atoms with Crippen LogP contribution in [0.25, 0.3) is 0 Å². The maximum atomic E-state index is 12.1. The summed E-state index contributed by atoms with van der Waals surface area (Å²) in [6, 6.07) is 12.4. The standard InChI is InChI=1S/C20H26N6O2/c1-23-18(17(14-21)19(27)24(2)20(23)28)22-8-9-25-10-12-26(13-11-25)15-16-6-4-3-5-7-16/h3-7,22H,8-13,15H2,1-2H3. The maximum Gasteiger partial charge on any atom is 0.332 e. The van der Waals surface area contributed by atoms with Crippen molar-refractivity contribution in [2.45, 2.75) is 6.54 Å². The smallest absolute Gasteiger partial charge is 0.332 e. The summed E-state index contributed by atoms with van der Waals surface area (Å²) in [6.45, 7) is 6.25. The van der Waals surface area contributed by atoms with Crippen molar-refractivity contribution < 1.29 is 0 Å². The molecule has 0 amide bonds. The molecule has 0 saturated carbocycles. The number of nitrogens with one attached hydrogen (secondary N) is 1. The van der Waals surface area contributed by atoms with E-state index in [0.717, 1.165) is 43.8 Å². The summed E-state index contributed by atoms with van der Waals surface area (Å²) in [6.07, 6.45) is 0. The minimum Gasteiger partial charge on any atom is -0.369 e. The number of anilines is 1. The van der Waals surface area contributed by atoms with Gasteiger partial charge in [-0.05, 0) is 5.56 Å². The van der Waals surface area contributed by atoms with Gasteiger partial charge in [0.1, 0.15) is 11.9 Å². The molecule has 148 valence electrons. The van der Waals surface area contributed by atoms with E-state index in [2.05, 4.69) is 39.4 Å². The first-order valence-corrected chi connectivity index (χ1v) is 9.44. The first kappa shape index (κ1) is 19.9. The predicted molar refractivity (Wildman–Crippen MR) is 108 cm³/mol. The molecule has 1 aromatic heterocycles. The fourth-order valence-electron chi connectivity index (χ4n) is 3.50. The van der Waals surface area contributed by atoms with Gasteiger partial charge in [0.2, 0.25) is 0 Å². The molecule has 1 saturated heterocycles. The van der Waals surface area contributed by atoms with E-state index in [0.29, 0.717) is 12.4 Å². The van der Waals surface area contributed by atoms with Crippen LogP contribution in [0.1, 0.15) is 11.1 Å². The van der Waals surface area contributed by atoms with Gasteiger partial charge >= 0.3 is 5.69 Å². The number of rotatable bonds is 6. The highest BCUT2D eigenvalue weighted by Crippen LogP contribution is 2.09. The van der Waals surface area contributed by atoms with Crippen molar-refractivity contribution >= 4 is 5.82 Å². The van der Waals surface area contributed by atoms with E-state index in [1.807, 2.05) is 12.1 Å². The number of nitrogens with zero attached hydrogens (tertiary/aromatic N) is 5. The molecule has 0 atom stereocenters. The Morgan fingerprint density at radius 3 is 2.29 bits per heavy atom. The van der Waals surface area contributed by atoms with Gasteiger partial charge in [0.05, 0.1) is 0 Å². The van der Waals surface area contributed by atoms with Crippen LogP contribution in [0, 0.1) is 11.3 Å². The van der Waals surface area contributed by atoms with Gasteiger partial charge in [0, 0.05) is 59.9 Å². The van der Waals surface area contributed by atoms with Gasteiger partial charge in [-0.3, -0.25) is 23.7 Å². The molecule has 2 aromatic rings. The third-order valence-corrected chi connectivity index (χ3v) is 5.21. The summed E-state index contributed by atoms with van der Waals surface area (Å²) in [4.78, 5) is 29.0. The molecule has 1 aliphatic heterocycles. The Morgan fingerprint density at radius 2 is 1.64 bits per heavy atom. The van der Waals surface area contributed by atoms with Crippen LogP contribution >= 0.6 is 0 Å². The Labute approximate surface area is 164 Å². The molecule has 0 radical (unpaired) electrons. The summed E-state index contributed by atoms with van der Waals surface area (Å²) in [5.41, 5.74) is 0.286. The Kier molecular flexibility index (Phi) is 6.29. The quantitative estimate of drug-likeness (QED) is 0.767. The zero-order chi connectivity index (χ0) is 20.1. The van der Waals surface area contributed by atoms with Crippen LogP contribution in [0.2, 0.25) is 0 Å². The van der Waals surface area contributed by atoms with Gasteiger partial charge in [0.15, 0.2) is 5.56 Å². The van der Waals surface area contributed by atoms with Crippen LogP contribution in [0.5, 0.6) is 0 Å². The maximum absolute atomic E-state index is 12.1. The normalized spacial score (nSPS) is 15.3. The fraction of sp³-hybridized carbons (Fsp3) is 0.450. The SMILES string of the molecule is Cn1c(NCCN2CCN(Cc3ccccc3)CC2)c(C#N)c(=O)n(C)c1=O. The molecule has 0 bridgehead atoms. The highest BCUT2D eigenvalue weighted by molar-refractivity contribution is 5.51. The monoisotopic (exact) mass is 382 g/mol. The molecule has 1 aromatic carbocycles. The van der Waals surface area contributed by atoms with Crippen LogP contribution in [0.3, 0.4) is 0 Å². The van der Waals surface area contributed by atoms with Crippen molar-refractivity contribution in [3.8, 4) is 6.07 Å². The van der Waals surface area contributed by atoms with Crippen LogP contribution in [-0.4, -0.2) is 58.2 Å². The molecule has 1 N–H and O–H groups in total. The molecule has 1 fully saturated rings. The second-order valence-corrected chi connectivity index (χ2v) is 7.07. The molecule has 3 rings (SSSR count). The number of benzene rings is 1. The Balaban J connectivity index is 1.53. The van der Waals surface area contributed by atoms with E-state index in [4.69, 9.17) is 0 Å². The highest BCUT2D eigenvalue weighted by atomic mass is 16.2. The lowest BCUT2D eigenvalue weighted by atomic mass is 10.2. The predicted octanol–water partition coefficient (Wildman–Crippen LogP) is 0.185. The average molecular weight is 382 g/mol. The summed E-state index contributed by atoms with van der Waals surface area (Å²) < 4.78 is 2.27. The Hall–Kier alpha value is -2.89. The van der Waals surface area contributed by atoms with Crippen molar-refractivity contribution in [3.63, 3.8) is 0 Å². The lowest BCUT2D eigenvalue weighted by Gasteiger charge is -2.34. The van der Waals surface area contributed by atoms with Crippen molar-refractivity contribution in [3.05, 3.63) is 62.3 Å². The van der Waals surface area contributed by atoms with Gasteiger partial charge in [-0.1, -0.05) is 30.3 Å². The minimum absolute atomic E-state index is 0.0303. The summed E-state index contributed by atoms with van der Waals surface area (Å²) >= 11 is 0. The number of piperazine rings is 1. The Morgan fingerprint density at radius 1 is 1.00 bits per heavy atom. The Bertz CT molecular complexity index is 965. The molecule has 2 heterocycles. The number of hydrogen-bond donors (Lipinski definition) is 1. The second-order valence-electron chi connectivity index (χ2n) is 7.07. The molecule has 8 heteroatoms. The lowest BCUT2D eigenvalue weighted by molar-refractivity contribution is 0.130. The molecule has 8 nitrogen and oxygen atoms in total. The van der Waals surface area contributed by atoms with E-state index in [1.165, 1.54) is 17.2 Å². The molecule has 28 heavy (non-hydrogen) atoms. The van der Waals surface area contributed by atoms with Crippen molar-refractivity contribution in [2.24, 2.45) is 14.1 Å². The van der Waals surface area contributed by atoms with Crippen molar-refractivity contribution in [1.82, 2.24) is 18.9 Å². The zero-order valence-electron chi connectivity index (χ0n) is 16.4. The van der Waals surface area contributed by atoms with E-state index < -0.39 is 11.2 Å². The van der Waals surface area contributed by atoms with Gasteiger partial charge in [-0.15, -0.1) is 0 Å². The van der Waals surface area contributed by atoms with Crippen molar-refractivity contribution in [2.75, 3.05) is 44.6 Å². The van der Waals surface area contributed by atoms with Crippen LogP contribution in [0.4, 0.5) is 5.82 Å². The van der Waals surface area contributed by atoms with Gasteiger partial charge in [-0.2, -0.15) is 5.26 Å². The number of hydrogen-bond acceptors (Lipinski definition) is 6. The summed E-state index contributed by atoms with van der Waals surface area (Å²) in [7, 11) is 2.94. The van der Waals surface area contributed by atoms with Gasteiger partial charge in [0.25, 0.3) is 5.56 Å². The van der Waals surface area contributed by atoms with Crippen molar-refractivity contribution in [1.29, 1.82) is 5.26 Å². The van der Waals surface area contributed by atoms with Crippen LogP contribution < -0.4 is 16.6 Å². The van der Waals surface area contributed by atoms with E-state index >= 15 is 0 Å². The van der Waals surface area contributed by atoms with Crippen LogP contribution in [-0.2, 0) is 20.6 Å². The average Bonchev–Trinajstić information content (AvgIpc) is 2.72. The van der Waals surface area contributed by atoms with E-state index in [1.54, 1.807) is 7.05 Å². The molecular weight excluding hydrogens is 356 g/mol. The first-order chi connectivity index (χ1) is 13.5. The number of aromatic nitrogens is 2. The summed E-state index contributed by atoms with van der Waals surface area (Å²) in [5, 5.41) is 12.4. The summed E-state index contributed by atoms with van der Waals surface area (Å²) in [5.74, 6) is 0.290. The fourth-order valence-corrected chi connectivity index (χ4v) is 3.50. The minimum atomic E-state index is -0.567.